The molecule has 1 fully saturated rings. The smallest absolute Gasteiger partial charge is 0.310 e. The van der Waals surface area contributed by atoms with Gasteiger partial charge in [-0.05, 0) is 65.4 Å². The average Bonchev–Trinajstić information content (AvgIpc) is 3.75. The van der Waals surface area contributed by atoms with Gasteiger partial charge in [0.05, 0.1) is 43.4 Å². The van der Waals surface area contributed by atoms with Gasteiger partial charge >= 0.3 is 5.97 Å². The molecule has 10 nitrogen and oxygen atoms in total. The summed E-state index contributed by atoms with van der Waals surface area (Å²) in [5, 5.41) is 30.5. The first-order valence-corrected chi connectivity index (χ1v) is 14.7. The number of carbonyl (C=O) groups excluding carboxylic acids is 1. The molecule has 1 saturated heterocycles. The number of hydrogen-bond acceptors (Lipinski definition) is 9. The first kappa shape index (κ1) is 27.0. The predicted octanol–water partition coefficient (Wildman–Crippen LogP) is 5.71. The number of cyclic esters (lactones) is 1. The molecule has 7 rings (SSSR count). The quantitative estimate of drug-likeness (QED) is 0.0673. The lowest BCUT2D eigenvalue weighted by molar-refractivity contribution is -0.141. The number of ether oxygens (including phenoxy) is 3. The highest BCUT2D eigenvalue weighted by Gasteiger charge is 2.53. The lowest BCUT2D eigenvalue weighted by Gasteiger charge is -2.39. The number of phenolic OH excluding ortho intramolecular Hbond substituents is 1. The highest BCUT2D eigenvalue weighted by molar-refractivity contribution is 5.84. The third-order valence-corrected chi connectivity index (χ3v) is 9.06. The molecule has 1 aromatic heterocycles. The molecule has 4 aromatic rings. The van der Waals surface area contributed by atoms with Crippen LogP contribution in [-0.4, -0.2) is 49.4 Å². The van der Waals surface area contributed by atoms with Crippen molar-refractivity contribution in [3.8, 4) is 11.5 Å². The summed E-state index contributed by atoms with van der Waals surface area (Å²) in [7, 11) is 3.24. The second-order valence-electron chi connectivity index (χ2n) is 11.4. The van der Waals surface area contributed by atoms with Crippen LogP contribution in [0.4, 0.5) is 17.1 Å². The Bertz CT molecular complexity index is 1710. The van der Waals surface area contributed by atoms with Crippen molar-refractivity contribution in [3.05, 3.63) is 77.0 Å². The number of aromatic nitrogens is 1. The normalized spacial score (nSPS) is 21.7. The fraction of sp³-hybridized carbons (Fsp3) is 0.333. The van der Waals surface area contributed by atoms with Gasteiger partial charge in [-0.2, -0.15) is 0 Å². The van der Waals surface area contributed by atoms with Crippen LogP contribution >= 0.6 is 0 Å². The number of carbonyl (C=O) groups is 1. The minimum atomic E-state index is -0.525. The Hall–Kier alpha value is -4.86. The van der Waals surface area contributed by atoms with Crippen molar-refractivity contribution in [2.24, 2.45) is 11.8 Å². The standard InChI is InChI=1S/C33H35N5O5/c1-35-26-10-18(11-27(41-2)31(26)39)29-20-12-24-25(38-16-37-24)13-21(20)32(22-15-42-33(40)30(22)29)43-28(34)9-5-6-17-14-36-23-8-4-3-7-19(17)23/h3-4,7-8,10-14,22,29-30,32,34-39H,5-6,9,15-16H2,1-2H3/t22-,29+,30-,32+/m0/s1. The lowest BCUT2D eigenvalue weighted by atomic mass is 9.66. The van der Waals surface area contributed by atoms with E-state index in [0.29, 0.717) is 24.5 Å². The van der Waals surface area contributed by atoms with Gasteiger partial charge in [-0.3, -0.25) is 10.2 Å². The number of rotatable bonds is 8. The fourth-order valence-corrected chi connectivity index (χ4v) is 6.99. The van der Waals surface area contributed by atoms with Crippen LogP contribution in [-0.2, 0) is 20.7 Å². The van der Waals surface area contributed by atoms with Gasteiger partial charge in [-0.1, -0.05) is 18.2 Å². The SMILES string of the molecule is CNc1cc([C@@H]2c3cc4c(cc3[C@@H](OC(=N)CCCc3c[nH]c5ccccc35)[C@H]3COC(=O)[C@H]23)NCN4)cc(OC)c1O. The van der Waals surface area contributed by atoms with E-state index < -0.39 is 12.0 Å². The van der Waals surface area contributed by atoms with Crippen LogP contribution in [0.1, 0.15) is 47.1 Å². The molecule has 10 heteroatoms. The van der Waals surface area contributed by atoms with Crippen molar-refractivity contribution in [1.29, 1.82) is 5.41 Å². The number of fused-ring (bicyclic) bond motifs is 4. The molecular formula is C33H35N5O5. The van der Waals surface area contributed by atoms with E-state index in [9.17, 15) is 9.90 Å². The molecule has 0 radical (unpaired) electrons. The van der Waals surface area contributed by atoms with Gasteiger partial charge in [-0.25, -0.2) is 0 Å². The molecule has 3 heterocycles. The summed E-state index contributed by atoms with van der Waals surface area (Å²) >= 11 is 0. The number of esters is 1. The van der Waals surface area contributed by atoms with Crippen LogP contribution in [0, 0.1) is 17.2 Å². The van der Waals surface area contributed by atoms with Gasteiger partial charge in [0.1, 0.15) is 6.10 Å². The molecule has 2 aliphatic heterocycles. The fourth-order valence-electron chi connectivity index (χ4n) is 6.99. The molecule has 0 spiro atoms. The molecule has 1 aliphatic carbocycles. The van der Waals surface area contributed by atoms with Crippen molar-refractivity contribution in [1.82, 2.24) is 4.98 Å². The maximum absolute atomic E-state index is 13.4. The molecule has 3 aromatic carbocycles. The maximum atomic E-state index is 13.4. The average molecular weight is 582 g/mol. The number of aromatic amines is 1. The first-order valence-electron chi connectivity index (χ1n) is 14.7. The Morgan fingerprint density at radius 1 is 1.14 bits per heavy atom. The molecule has 0 amide bonds. The summed E-state index contributed by atoms with van der Waals surface area (Å²) in [6.45, 7) is 0.813. The first-order chi connectivity index (χ1) is 21.0. The van der Waals surface area contributed by atoms with Crippen LogP contribution in [0.3, 0.4) is 0 Å². The van der Waals surface area contributed by atoms with Crippen molar-refractivity contribution >= 4 is 39.8 Å². The molecule has 222 valence electrons. The lowest BCUT2D eigenvalue weighted by Crippen LogP contribution is -2.36. The van der Waals surface area contributed by atoms with E-state index in [1.807, 2.05) is 24.4 Å². The molecular weight excluding hydrogens is 546 g/mol. The number of aromatic hydroxyl groups is 1. The Morgan fingerprint density at radius 2 is 1.93 bits per heavy atom. The molecule has 0 bridgehead atoms. The van der Waals surface area contributed by atoms with Crippen molar-refractivity contribution < 1.29 is 24.1 Å². The summed E-state index contributed by atoms with van der Waals surface area (Å²) in [4.78, 5) is 16.7. The van der Waals surface area contributed by atoms with Crippen LogP contribution < -0.4 is 20.7 Å². The van der Waals surface area contributed by atoms with Gasteiger partial charge in [0.2, 0.25) is 0 Å². The Morgan fingerprint density at radius 3 is 2.72 bits per heavy atom. The van der Waals surface area contributed by atoms with Crippen molar-refractivity contribution in [2.75, 3.05) is 43.4 Å². The Balaban J connectivity index is 1.21. The summed E-state index contributed by atoms with van der Waals surface area (Å²) in [6, 6.07) is 16.0. The van der Waals surface area contributed by atoms with E-state index in [4.69, 9.17) is 19.6 Å². The van der Waals surface area contributed by atoms with Gasteiger partial charge < -0.3 is 40.3 Å². The number of aryl methyl sites for hydroxylation is 1. The van der Waals surface area contributed by atoms with E-state index in [2.05, 4.69) is 45.2 Å². The highest BCUT2D eigenvalue weighted by atomic mass is 16.5. The predicted molar refractivity (Wildman–Crippen MR) is 165 cm³/mol. The van der Waals surface area contributed by atoms with E-state index >= 15 is 0 Å². The van der Waals surface area contributed by atoms with E-state index in [1.54, 1.807) is 13.1 Å². The highest BCUT2D eigenvalue weighted by Crippen LogP contribution is 2.55. The second kappa shape index (κ2) is 10.8. The molecule has 0 saturated carbocycles. The minimum absolute atomic E-state index is 0.0115. The van der Waals surface area contributed by atoms with E-state index in [-0.39, 0.29) is 36.1 Å². The van der Waals surface area contributed by atoms with E-state index in [0.717, 1.165) is 46.4 Å². The number of hydrogen-bond donors (Lipinski definition) is 6. The van der Waals surface area contributed by atoms with E-state index in [1.165, 1.54) is 18.1 Å². The summed E-state index contributed by atoms with van der Waals surface area (Å²) in [5.41, 5.74) is 7.43. The molecule has 4 atom stereocenters. The monoisotopic (exact) mass is 581 g/mol. The van der Waals surface area contributed by atoms with Gasteiger partial charge in [0.25, 0.3) is 0 Å². The number of benzene rings is 3. The zero-order valence-electron chi connectivity index (χ0n) is 24.1. The largest absolute Gasteiger partial charge is 0.503 e. The van der Waals surface area contributed by atoms with Gasteiger partial charge in [-0.15, -0.1) is 0 Å². The summed E-state index contributed by atoms with van der Waals surface area (Å²) in [5.74, 6) is -0.931. The zero-order valence-corrected chi connectivity index (χ0v) is 24.1. The number of nitrogens with one attached hydrogen (secondary N) is 5. The summed E-state index contributed by atoms with van der Waals surface area (Å²) < 4.78 is 17.6. The maximum Gasteiger partial charge on any atom is 0.310 e. The molecule has 0 unspecified atom stereocenters. The number of phenols is 1. The summed E-state index contributed by atoms with van der Waals surface area (Å²) in [6.07, 6.45) is 3.60. The van der Waals surface area contributed by atoms with Crippen molar-refractivity contribution in [3.63, 3.8) is 0 Å². The van der Waals surface area contributed by atoms with Crippen LogP contribution in [0.15, 0.2) is 54.7 Å². The Labute approximate surface area is 249 Å². The van der Waals surface area contributed by atoms with Crippen LogP contribution in [0.5, 0.6) is 11.5 Å². The number of H-pyrrole nitrogens is 1. The number of para-hydroxylation sites is 1. The van der Waals surface area contributed by atoms with Crippen molar-refractivity contribution in [2.45, 2.75) is 31.3 Å². The van der Waals surface area contributed by atoms with Crippen LogP contribution in [0.25, 0.3) is 10.9 Å². The van der Waals surface area contributed by atoms with Crippen LogP contribution in [0.2, 0.25) is 0 Å². The molecule has 43 heavy (non-hydrogen) atoms. The second-order valence-corrected chi connectivity index (χ2v) is 11.4. The third kappa shape index (κ3) is 4.57. The minimum Gasteiger partial charge on any atom is -0.503 e. The third-order valence-electron chi connectivity index (χ3n) is 9.06. The Kier molecular flexibility index (Phi) is 6.76. The molecule has 6 N–H and O–H groups in total. The molecule has 3 aliphatic rings. The zero-order chi connectivity index (χ0) is 29.7. The number of methoxy groups -OCH3 is 1. The topological polar surface area (TPSA) is 141 Å². The number of anilines is 3. The van der Waals surface area contributed by atoms with Gasteiger partial charge in [0, 0.05) is 42.4 Å². The van der Waals surface area contributed by atoms with Gasteiger partial charge in [0.15, 0.2) is 17.4 Å².